The molecule has 4 nitrogen and oxygen atoms in total. The van der Waals surface area contributed by atoms with Crippen LogP contribution in [0.1, 0.15) is 0 Å². The minimum absolute atomic E-state index is 0.193. The molecule has 0 aromatic heterocycles. The molecule has 1 N–H and O–H groups in total. The number of benzene rings is 1. The second-order valence-corrected chi connectivity index (χ2v) is 2.66. The number of carbonyl (C=O) groups excluding carboxylic acids is 1. The van der Waals surface area contributed by atoms with E-state index in [-0.39, 0.29) is 6.61 Å². The molecule has 0 saturated heterocycles. The maximum Gasteiger partial charge on any atom is 0.336 e. The lowest BCUT2D eigenvalue weighted by Gasteiger charge is -2.06. The maximum absolute atomic E-state index is 11.2. The number of ether oxygens (including phenoxy) is 2. The molecule has 0 bridgehead atoms. The van der Waals surface area contributed by atoms with Gasteiger partial charge in [-0.3, -0.25) is 0 Å². The van der Waals surface area contributed by atoms with Gasteiger partial charge in [0.05, 0.1) is 13.7 Å². The molecule has 0 spiro atoms. The molecular weight excluding hydrogens is 196 g/mol. The zero-order valence-corrected chi connectivity index (χ0v) is 8.34. The molecule has 1 aromatic carbocycles. The Labute approximate surface area is 87.7 Å². The van der Waals surface area contributed by atoms with Crippen molar-refractivity contribution in [3.05, 3.63) is 36.4 Å². The van der Waals surface area contributed by atoms with Crippen LogP contribution in [0.5, 0.6) is 11.5 Å². The zero-order valence-electron chi connectivity index (χ0n) is 8.34. The number of hydrogen-bond acceptors (Lipinski definition) is 4. The molecule has 0 aliphatic rings. The average molecular weight is 208 g/mol. The first-order valence-corrected chi connectivity index (χ1v) is 4.40. The molecule has 0 atom stereocenters. The Bertz CT molecular complexity index is 357. The first-order chi connectivity index (χ1) is 7.27. The van der Waals surface area contributed by atoms with Crippen LogP contribution in [0.3, 0.4) is 0 Å². The Balaban J connectivity index is 2.71. The van der Waals surface area contributed by atoms with Crippen molar-refractivity contribution < 1.29 is 19.4 Å². The number of methoxy groups -OCH3 is 1. The third-order valence-electron chi connectivity index (χ3n) is 1.64. The molecule has 4 heteroatoms. The van der Waals surface area contributed by atoms with E-state index >= 15 is 0 Å². The second kappa shape index (κ2) is 5.82. The number of hydrogen-bond donors (Lipinski definition) is 1. The molecule has 0 fully saturated rings. The lowest BCUT2D eigenvalue weighted by Crippen LogP contribution is -2.05. The van der Waals surface area contributed by atoms with Gasteiger partial charge in [-0.1, -0.05) is 18.2 Å². The molecule has 1 aromatic rings. The number of carbonyl (C=O) groups is 1. The highest BCUT2D eigenvalue weighted by Crippen LogP contribution is 2.25. The van der Waals surface area contributed by atoms with E-state index in [2.05, 4.69) is 0 Å². The molecular formula is C11H12O4. The number of aliphatic hydroxyl groups excluding tert-OH is 1. The molecule has 0 aliphatic carbocycles. The summed E-state index contributed by atoms with van der Waals surface area (Å²) in [5, 5.41) is 8.46. The van der Waals surface area contributed by atoms with Crippen LogP contribution in [-0.4, -0.2) is 24.8 Å². The summed E-state index contributed by atoms with van der Waals surface area (Å²) >= 11 is 0. The lowest BCUT2D eigenvalue weighted by molar-refractivity contribution is -0.129. The lowest BCUT2D eigenvalue weighted by atomic mass is 10.3. The van der Waals surface area contributed by atoms with Crippen molar-refractivity contribution >= 4 is 5.97 Å². The summed E-state index contributed by atoms with van der Waals surface area (Å²) in [5.74, 6) is 0.296. The Morgan fingerprint density at radius 3 is 2.67 bits per heavy atom. The van der Waals surface area contributed by atoms with E-state index in [0.717, 1.165) is 6.08 Å². The van der Waals surface area contributed by atoms with Gasteiger partial charge < -0.3 is 14.6 Å². The quantitative estimate of drug-likeness (QED) is 0.458. The third-order valence-corrected chi connectivity index (χ3v) is 1.64. The van der Waals surface area contributed by atoms with Gasteiger partial charge in [0.25, 0.3) is 0 Å². The van der Waals surface area contributed by atoms with Crippen LogP contribution in [0, 0.1) is 0 Å². The van der Waals surface area contributed by atoms with Gasteiger partial charge in [0.1, 0.15) is 0 Å². The van der Waals surface area contributed by atoms with Gasteiger partial charge >= 0.3 is 5.97 Å². The highest BCUT2D eigenvalue weighted by molar-refractivity contribution is 5.84. The van der Waals surface area contributed by atoms with Crippen LogP contribution in [0.15, 0.2) is 36.4 Å². The summed E-state index contributed by atoms with van der Waals surface area (Å²) < 4.78 is 9.98. The smallest absolute Gasteiger partial charge is 0.336 e. The first kappa shape index (κ1) is 11.3. The van der Waals surface area contributed by atoms with E-state index in [1.807, 2.05) is 0 Å². The molecule has 0 amide bonds. The highest BCUT2D eigenvalue weighted by atomic mass is 16.6. The van der Waals surface area contributed by atoms with Crippen molar-refractivity contribution in [1.29, 1.82) is 0 Å². The molecule has 80 valence electrons. The van der Waals surface area contributed by atoms with Gasteiger partial charge in [-0.25, -0.2) is 4.79 Å². The maximum atomic E-state index is 11.2. The largest absolute Gasteiger partial charge is 0.493 e. The molecule has 0 unspecified atom stereocenters. The van der Waals surface area contributed by atoms with Crippen LogP contribution >= 0.6 is 0 Å². The third kappa shape index (κ3) is 3.44. The Kier molecular flexibility index (Phi) is 4.37. The summed E-state index contributed by atoms with van der Waals surface area (Å²) in [5.41, 5.74) is 0. The SMILES string of the molecule is COc1ccccc1OC(=O)C=CCO. The van der Waals surface area contributed by atoms with Gasteiger partial charge in [0.2, 0.25) is 0 Å². The standard InChI is InChI=1S/C11H12O4/c1-14-9-5-2-3-6-10(9)15-11(13)7-4-8-12/h2-7,12H,8H2,1H3. The number of esters is 1. The molecule has 0 aliphatic heterocycles. The summed E-state index contributed by atoms with van der Waals surface area (Å²) in [6.45, 7) is -0.193. The Morgan fingerprint density at radius 2 is 2.07 bits per heavy atom. The van der Waals surface area contributed by atoms with Crippen LogP contribution in [0.25, 0.3) is 0 Å². The molecule has 0 radical (unpaired) electrons. The number of para-hydroxylation sites is 2. The predicted molar refractivity (Wildman–Crippen MR) is 54.9 cm³/mol. The van der Waals surface area contributed by atoms with E-state index in [4.69, 9.17) is 14.6 Å². The van der Waals surface area contributed by atoms with Crippen LogP contribution < -0.4 is 9.47 Å². The number of aliphatic hydroxyl groups is 1. The normalized spacial score (nSPS) is 10.3. The van der Waals surface area contributed by atoms with Crippen molar-refractivity contribution in [3.8, 4) is 11.5 Å². The molecule has 1 rings (SSSR count). The van der Waals surface area contributed by atoms with Crippen LogP contribution in [0.4, 0.5) is 0 Å². The summed E-state index contributed by atoms with van der Waals surface area (Å²) in [4.78, 5) is 11.2. The first-order valence-electron chi connectivity index (χ1n) is 4.40. The van der Waals surface area contributed by atoms with Gasteiger partial charge in [-0.05, 0) is 12.1 Å². The average Bonchev–Trinajstić information content (AvgIpc) is 2.27. The van der Waals surface area contributed by atoms with Crippen molar-refractivity contribution in [3.63, 3.8) is 0 Å². The van der Waals surface area contributed by atoms with Crippen LogP contribution in [-0.2, 0) is 4.79 Å². The van der Waals surface area contributed by atoms with E-state index < -0.39 is 5.97 Å². The zero-order chi connectivity index (χ0) is 11.1. The molecule has 15 heavy (non-hydrogen) atoms. The summed E-state index contributed by atoms with van der Waals surface area (Å²) in [6.07, 6.45) is 2.46. The predicted octanol–water partition coefficient (Wildman–Crippen LogP) is 1.15. The molecule has 0 heterocycles. The fourth-order valence-corrected chi connectivity index (χ4v) is 0.994. The van der Waals surface area contributed by atoms with Gasteiger partial charge in [-0.2, -0.15) is 0 Å². The second-order valence-electron chi connectivity index (χ2n) is 2.66. The van der Waals surface area contributed by atoms with Crippen molar-refractivity contribution in [1.82, 2.24) is 0 Å². The van der Waals surface area contributed by atoms with E-state index in [9.17, 15) is 4.79 Å². The number of rotatable bonds is 4. The fourth-order valence-electron chi connectivity index (χ4n) is 0.994. The summed E-state index contributed by atoms with van der Waals surface area (Å²) in [7, 11) is 1.50. The monoisotopic (exact) mass is 208 g/mol. The summed E-state index contributed by atoms with van der Waals surface area (Å²) in [6, 6.07) is 6.84. The fraction of sp³-hybridized carbons (Fsp3) is 0.182. The van der Waals surface area contributed by atoms with Gasteiger partial charge in [0.15, 0.2) is 11.5 Å². The van der Waals surface area contributed by atoms with Crippen molar-refractivity contribution in [2.75, 3.05) is 13.7 Å². The Hall–Kier alpha value is -1.81. The van der Waals surface area contributed by atoms with Crippen molar-refractivity contribution in [2.24, 2.45) is 0 Å². The van der Waals surface area contributed by atoms with Crippen molar-refractivity contribution in [2.45, 2.75) is 0 Å². The Morgan fingerprint density at radius 1 is 1.40 bits per heavy atom. The van der Waals surface area contributed by atoms with E-state index in [0.29, 0.717) is 11.5 Å². The van der Waals surface area contributed by atoms with Gasteiger partial charge in [-0.15, -0.1) is 0 Å². The minimum atomic E-state index is -0.548. The highest BCUT2D eigenvalue weighted by Gasteiger charge is 2.05. The minimum Gasteiger partial charge on any atom is -0.493 e. The van der Waals surface area contributed by atoms with E-state index in [1.54, 1.807) is 24.3 Å². The molecule has 0 saturated carbocycles. The van der Waals surface area contributed by atoms with Crippen LogP contribution in [0.2, 0.25) is 0 Å². The topological polar surface area (TPSA) is 55.8 Å². The van der Waals surface area contributed by atoms with Gasteiger partial charge in [0, 0.05) is 6.08 Å². The van der Waals surface area contributed by atoms with E-state index in [1.165, 1.54) is 13.2 Å².